The van der Waals surface area contributed by atoms with Crippen molar-refractivity contribution in [2.75, 3.05) is 19.8 Å². The fourth-order valence-electron chi connectivity index (χ4n) is 2.10. The largest absolute Gasteiger partial charge is 0.475 e. The van der Waals surface area contributed by atoms with Crippen molar-refractivity contribution in [3.8, 4) is 5.88 Å². The van der Waals surface area contributed by atoms with Crippen molar-refractivity contribution in [2.24, 2.45) is 5.92 Å². The van der Waals surface area contributed by atoms with Crippen molar-refractivity contribution in [1.29, 1.82) is 0 Å². The highest BCUT2D eigenvalue weighted by Crippen LogP contribution is 2.19. The topological polar surface area (TPSA) is 43.4 Å². The zero-order chi connectivity index (χ0) is 14.4. The molecule has 1 fully saturated rings. The van der Waals surface area contributed by atoms with Gasteiger partial charge in [0.2, 0.25) is 5.88 Å². The average molecular weight is 299 g/mol. The molecular formula is C15H23ClN2O2. The molecule has 112 valence electrons. The number of nitrogens with one attached hydrogen (secondary N) is 1. The first kappa shape index (κ1) is 15.5. The summed E-state index contributed by atoms with van der Waals surface area (Å²) in [6, 6.07) is 3.65. The fraction of sp³-hybridized carbons (Fsp3) is 0.667. The number of halogens is 1. The second kappa shape index (κ2) is 7.81. The maximum Gasteiger partial charge on any atom is 0.213 e. The second-order valence-electron chi connectivity index (χ2n) is 5.55. The minimum absolute atomic E-state index is 0.204. The van der Waals surface area contributed by atoms with Crippen LogP contribution in [0.4, 0.5) is 0 Å². The van der Waals surface area contributed by atoms with Crippen LogP contribution < -0.4 is 10.1 Å². The molecule has 0 aromatic carbocycles. The van der Waals surface area contributed by atoms with Gasteiger partial charge in [-0.25, -0.2) is 4.98 Å². The summed E-state index contributed by atoms with van der Waals surface area (Å²) in [7, 11) is 0. The van der Waals surface area contributed by atoms with Gasteiger partial charge in [-0.15, -0.1) is 0 Å². The van der Waals surface area contributed by atoms with Gasteiger partial charge in [0.25, 0.3) is 0 Å². The van der Waals surface area contributed by atoms with Crippen LogP contribution in [0, 0.1) is 5.92 Å². The maximum absolute atomic E-state index is 6.16. The van der Waals surface area contributed by atoms with E-state index in [0.29, 0.717) is 30.0 Å². The van der Waals surface area contributed by atoms with Gasteiger partial charge in [0.05, 0.1) is 16.8 Å². The molecular weight excluding hydrogens is 276 g/mol. The molecule has 4 nitrogen and oxygen atoms in total. The Balaban J connectivity index is 1.86. The van der Waals surface area contributed by atoms with E-state index in [1.54, 1.807) is 0 Å². The lowest BCUT2D eigenvalue weighted by Crippen LogP contribution is -2.20. The van der Waals surface area contributed by atoms with Crippen LogP contribution in [0.2, 0.25) is 5.02 Å². The molecule has 0 radical (unpaired) electrons. The molecule has 1 saturated heterocycles. The number of nitrogens with zero attached hydrogens (tertiary/aromatic N) is 1. The summed E-state index contributed by atoms with van der Waals surface area (Å²) in [5.74, 6) is 1.22. The van der Waals surface area contributed by atoms with E-state index in [-0.39, 0.29) is 6.10 Å². The Hall–Kier alpha value is -0.840. The summed E-state index contributed by atoms with van der Waals surface area (Å²) in [6.45, 7) is 7.35. The second-order valence-corrected chi connectivity index (χ2v) is 5.96. The van der Waals surface area contributed by atoms with Gasteiger partial charge in [0.15, 0.2) is 0 Å². The van der Waals surface area contributed by atoms with E-state index in [1.807, 2.05) is 12.1 Å². The first-order valence-electron chi connectivity index (χ1n) is 7.25. The third-order valence-corrected chi connectivity index (χ3v) is 3.52. The van der Waals surface area contributed by atoms with Crippen molar-refractivity contribution in [2.45, 2.75) is 39.3 Å². The molecule has 1 aliphatic heterocycles. The van der Waals surface area contributed by atoms with Crippen LogP contribution in [0.3, 0.4) is 0 Å². The Morgan fingerprint density at radius 1 is 1.50 bits per heavy atom. The summed E-state index contributed by atoms with van der Waals surface area (Å²) in [5.41, 5.74) is 0.831. The summed E-state index contributed by atoms with van der Waals surface area (Å²) in [6.07, 6.45) is 2.39. The summed E-state index contributed by atoms with van der Waals surface area (Å²) in [5, 5.41) is 4.01. The molecule has 0 amide bonds. The summed E-state index contributed by atoms with van der Waals surface area (Å²) < 4.78 is 11.2. The number of hydrogen-bond acceptors (Lipinski definition) is 4. The molecule has 1 aliphatic rings. The van der Waals surface area contributed by atoms with Gasteiger partial charge in [-0.1, -0.05) is 25.4 Å². The minimum Gasteiger partial charge on any atom is -0.475 e. The molecule has 1 atom stereocenters. The van der Waals surface area contributed by atoms with E-state index >= 15 is 0 Å². The molecule has 0 bridgehead atoms. The van der Waals surface area contributed by atoms with Gasteiger partial charge >= 0.3 is 0 Å². The van der Waals surface area contributed by atoms with Crippen LogP contribution in [-0.2, 0) is 11.3 Å². The Labute approximate surface area is 125 Å². The zero-order valence-electron chi connectivity index (χ0n) is 12.2. The molecule has 0 spiro atoms. The quantitative estimate of drug-likeness (QED) is 0.840. The van der Waals surface area contributed by atoms with Crippen molar-refractivity contribution in [3.05, 3.63) is 22.8 Å². The summed E-state index contributed by atoms with van der Waals surface area (Å²) in [4.78, 5) is 4.46. The van der Waals surface area contributed by atoms with Gasteiger partial charge in [-0.3, -0.25) is 0 Å². The lowest BCUT2D eigenvalue weighted by Gasteiger charge is -2.13. The first-order valence-corrected chi connectivity index (χ1v) is 7.63. The number of ether oxygens (including phenoxy) is 2. The number of rotatable bonds is 7. The predicted octanol–water partition coefficient (Wildman–Crippen LogP) is 3.04. The van der Waals surface area contributed by atoms with E-state index in [4.69, 9.17) is 21.1 Å². The highest BCUT2D eigenvalue weighted by Gasteiger charge is 2.16. The van der Waals surface area contributed by atoms with E-state index < -0.39 is 0 Å². The van der Waals surface area contributed by atoms with Crippen LogP contribution in [0.1, 0.15) is 32.4 Å². The Bertz CT molecular complexity index is 420. The van der Waals surface area contributed by atoms with Crippen molar-refractivity contribution >= 4 is 11.6 Å². The van der Waals surface area contributed by atoms with E-state index in [0.717, 1.165) is 31.7 Å². The summed E-state index contributed by atoms with van der Waals surface area (Å²) >= 11 is 6.16. The Morgan fingerprint density at radius 2 is 2.35 bits per heavy atom. The highest BCUT2D eigenvalue weighted by atomic mass is 35.5. The van der Waals surface area contributed by atoms with Crippen LogP contribution in [0.25, 0.3) is 0 Å². The van der Waals surface area contributed by atoms with Gasteiger partial charge in [0.1, 0.15) is 6.61 Å². The molecule has 2 rings (SSSR count). The van der Waals surface area contributed by atoms with Crippen LogP contribution in [0.15, 0.2) is 12.1 Å². The molecule has 1 N–H and O–H groups in total. The zero-order valence-corrected chi connectivity index (χ0v) is 12.9. The number of aromatic nitrogens is 1. The van der Waals surface area contributed by atoms with Crippen LogP contribution >= 0.6 is 11.6 Å². The van der Waals surface area contributed by atoms with Crippen molar-refractivity contribution in [1.82, 2.24) is 10.3 Å². The van der Waals surface area contributed by atoms with E-state index in [9.17, 15) is 0 Å². The molecule has 2 heterocycles. The Morgan fingerprint density at radius 3 is 3.05 bits per heavy atom. The smallest absolute Gasteiger partial charge is 0.213 e. The third kappa shape index (κ3) is 4.93. The highest BCUT2D eigenvalue weighted by molar-refractivity contribution is 6.31. The molecule has 5 heteroatoms. The van der Waals surface area contributed by atoms with Gasteiger partial charge < -0.3 is 14.8 Å². The molecule has 1 unspecified atom stereocenters. The fourth-order valence-corrected chi connectivity index (χ4v) is 2.27. The minimum atomic E-state index is 0.204. The van der Waals surface area contributed by atoms with Crippen LogP contribution in [0.5, 0.6) is 5.88 Å². The maximum atomic E-state index is 6.16. The normalized spacial score (nSPS) is 18.7. The lowest BCUT2D eigenvalue weighted by molar-refractivity contribution is 0.0662. The van der Waals surface area contributed by atoms with E-state index in [2.05, 4.69) is 24.1 Å². The van der Waals surface area contributed by atoms with Crippen LogP contribution in [-0.4, -0.2) is 30.8 Å². The lowest BCUT2D eigenvalue weighted by atomic mass is 10.2. The molecule has 0 saturated carbocycles. The molecule has 0 aliphatic carbocycles. The predicted molar refractivity (Wildman–Crippen MR) is 80.3 cm³/mol. The molecule has 1 aromatic heterocycles. The van der Waals surface area contributed by atoms with Gasteiger partial charge in [0, 0.05) is 19.2 Å². The molecule has 20 heavy (non-hydrogen) atoms. The average Bonchev–Trinajstić information content (AvgIpc) is 2.92. The van der Waals surface area contributed by atoms with Gasteiger partial charge in [-0.2, -0.15) is 0 Å². The van der Waals surface area contributed by atoms with Gasteiger partial charge in [-0.05, 0) is 31.4 Å². The van der Waals surface area contributed by atoms with Crippen molar-refractivity contribution in [3.63, 3.8) is 0 Å². The molecule has 1 aromatic rings. The standard InChI is InChI=1S/C15H23ClN2O2/c1-11(2)8-17-9-14-13(16)5-6-15(18-14)20-10-12-4-3-7-19-12/h5-6,11-12,17H,3-4,7-10H2,1-2H3. The monoisotopic (exact) mass is 298 g/mol. The van der Waals surface area contributed by atoms with E-state index in [1.165, 1.54) is 0 Å². The Kier molecular flexibility index (Phi) is 6.07. The number of hydrogen-bond donors (Lipinski definition) is 1. The SMILES string of the molecule is CC(C)CNCc1nc(OCC2CCCO2)ccc1Cl. The third-order valence-electron chi connectivity index (χ3n) is 3.18. The van der Waals surface area contributed by atoms with Crippen molar-refractivity contribution < 1.29 is 9.47 Å². The number of pyridine rings is 1. The first-order chi connectivity index (χ1) is 9.65.